The van der Waals surface area contributed by atoms with Crippen molar-refractivity contribution in [3.63, 3.8) is 0 Å². The molecule has 0 radical (unpaired) electrons. The molecule has 1 aliphatic rings. The van der Waals surface area contributed by atoms with E-state index in [2.05, 4.69) is 21.4 Å². The molecule has 3 rings (SSSR count). The molecule has 0 unspecified atom stereocenters. The number of alkyl halides is 3. The van der Waals surface area contributed by atoms with Crippen molar-refractivity contribution in [1.29, 1.82) is 5.26 Å². The van der Waals surface area contributed by atoms with E-state index in [0.29, 0.717) is 23.3 Å². The van der Waals surface area contributed by atoms with Crippen LogP contribution in [0.1, 0.15) is 25.5 Å². The molecular weight excluding hydrogens is 403 g/mol. The minimum atomic E-state index is -4.67. The summed E-state index contributed by atoms with van der Waals surface area (Å²) in [7, 11) is 1.60. The number of aromatic nitrogens is 3. The summed E-state index contributed by atoms with van der Waals surface area (Å²) in [5.74, 6) is 1.12. The summed E-state index contributed by atoms with van der Waals surface area (Å²) in [4.78, 5) is 9.47. The fourth-order valence-electron chi connectivity index (χ4n) is 2.69. The Morgan fingerprint density at radius 2 is 2.17 bits per heavy atom. The van der Waals surface area contributed by atoms with Crippen LogP contribution in [0.3, 0.4) is 0 Å². The minimum absolute atomic E-state index is 0.0464. The van der Waals surface area contributed by atoms with E-state index in [1.807, 2.05) is 13.0 Å². The third kappa shape index (κ3) is 4.27. The van der Waals surface area contributed by atoms with Crippen LogP contribution >= 0.6 is 11.8 Å². The summed E-state index contributed by atoms with van der Waals surface area (Å²) in [5.41, 5.74) is 10.3. The molecule has 2 aromatic rings. The number of nitrogens with one attached hydrogen (secondary N) is 1. The molecule has 154 valence electrons. The van der Waals surface area contributed by atoms with Crippen LogP contribution in [-0.4, -0.2) is 32.0 Å². The molecule has 11 heteroatoms. The Bertz CT molecular complexity index is 1000. The smallest absolute Gasteiger partial charge is 0.395 e. The highest BCUT2D eigenvalue weighted by atomic mass is 32.2. The first kappa shape index (κ1) is 20.9. The molecule has 1 saturated carbocycles. The molecule has 5 N–H and O–H groups in total. The van der Waals surface area contributed by atoms with E-state index in [1.54, 1.807) is 13.2 Å². The lowest BCUT2D eigenvalue weighted by Crippen LogP contribution is -2.19. The number of nitrogens with two attached hydrogens (primary N) is 2. The van der Waals surface area contributed by atoms with Gasteiger partial charge in [0.1, 0.15) is 28.4 Å². The average molecular weight is 423 g/mol. The number of nitrogens with zero attached hydrogens (tertiary/aromatic N) is 4. The SMILES string of the molecule is CCSc1cc(NC2(C#N)CC2)cnc1-c1nc(/C=C(\N)C(F)(F)F)c(N)n1C. The lowest BCUT2D eigenvalue weighted by molar-refractivity contribution is -0.0916. The number of anilines is 2. The van der Waals surface area contributed by atoms with Crippen molar-refractivity contribution in [1.82, 2.24) is 14.5 Å². The van der Waals surface area contributed by atoms with Gasteiger partial charge >= 0.3 is 6.18 Å². The average Bonchev–Trinajstić information content (AvgIpc) is 3.38. The van der Waals surface area contributed by atoms with Gasteiger partial charge in [0.15, 0.2) is 5.82 Å². The van der Waals surface area contributed by atoms with E-state index in [0.717, 1.165) is 23.5 Å². The molecule has 0 atom stereocenters. The number of pyridine rings is 1. The van der Waals surface area contributed by atoms with Gasteiger partial charge in [-0.15, -0.1) is 11.8 Å². The molecule has 0 amide bonds. The monoisotopic (exact) mass is 423 g/mol. The van der Waals surface area contributed by atoms with Crippen molar-refractivity contribution in [2.75, 3.05) is 16.8 Å². The van der Waals surface area contributed by atoms with Crippen molar-refractivity contribution < 1.29 is 13.2 Å². The van der Waals surface area contributed by atoms with Gasteiger partial charge in [-0.1, -0.05) is 6.92 Å². The first-order valence-corrected chi connectivity index (χ1v) is 9.78. The van der Waals surface area contributed by atoms with E-state index >= 15 is 0 Å². The highest BCUT2D eigenvalue weighted by molar-refractivity contribution is 7.99. The zero-order chi connectivity index (χ0) is 21.4. The largest absolute Gasteiger partial charge is 0.430 e. The highest BCUT2D eigenvalue weighted by Gasteiger charge is 2.43. The molecule has 0 aromatic carbocycles. The second kappa shape index (κ2) is 7.51. The van der Waals surface area contributed by atoms with Crippen LogP contribution in [0, 0.1) is 11.3 Å². The summed E-state index contributed by atoms with van der Waals surface area (Å²) in [6.07, 6.45) is -0.831. The Labute approximate surface area is 170 Å². The van der Waals surface area contributed by atoms with Gasteiger partial charge in [0.2, 0.25) is 0 Å². The van der Waals surface area contributed by atoms with E-state index < -0.39 is 17.4 Å². The molecule has 2 heterocycles. The van der Waals surface area contributed by atoms with Crippen molar-refractivity contribution in [2.24, 2.45) is 12.8 Å². The third-order valence-electron chi connectivity index (χ3n) is 4.50. The summed E-state index contributed by atoms with van der Waals surface area (Å²) >= 11 is 1.51. The van der Waals surface area contributed by atoms with Crippen LogP contribution in [0.2, 0.25) is 0 Å². The molecule has 2 aromatic heterocycles. The quantitative estimate of drug-likeness (QED) is 0.609. The van der Waals surface area contributed by atoms with Gasteiger partial charge in [0.25, 0.3) is 0 Å². The molecule has 0 saturated heterocycles. The van der Waals surface area contributed by atoms with Gasteiger partial charge < -0.3 is 21.4 Å². The zero-order valence-corrected chi connectivity index (χ0v) is 16.7. The number of allylic oxidation sites excluding steroid dienone is 1. The number of halogens is 3. The van der Waals surface area contributed by atoms with Gasteiger partial charge in [0.05, 0.1) is 18.0 Å². The second-order valence-electron chi connectivity index (χ2n) is 6.69. The molecular formula is C18H20F3N7S. The van der Waals surface area contributed by atoms with E-state index in [9.17, 15) is 18.4 Å². The van der Waals surface area contributed by atoms with Gasteiger partial charge in [-0.05, 0) is 30.7 Å². The fourth-order valence-corrected chi connectivity index (χ4v) is 3.49. The van der Waals surface area contributed by atoms with Gasteiger partial charge in [0, 0.05) is 11.9 Å². The number of nitriles is 1. The summed E-state index contributed by atoms with van der Waals surface area (Å²) in [5, 5.41) is 12.5. The Balaban J connectivity index is 2.02. The normalized spacial score (nSPS) is 15.8. The fraction of sp³-hybridized carbons (Fsp3) is 0.389. The second-order valence-corrected chi connectivity index (χ2v) is 7.99. The maximum Gasteiger partial charge on any atom is 0.430 e. The molecule has 0 spiro atoms. The van der Waals surface area contributed by atoms with Crippen molar-refractivity contribution in [2.45, 2.75) is 36.4 Å². The Kier molecular flexibility index (Phi) is 5.40. The van der Waals surface area contributed by atoms with E-state index in [1.165, 1.54) is 16.3 Å². The molecule has 0 bridgehead atoms. The maximum absolute atomic E-state index is 12.8. The number of imidazole rings is 1. The van der Waals surface area contributed by atoms with Crippen molar-refractivity contribution in [3.05, 3.63) is 23.7 Å². The summed E-state index contributed by atoms with van der Waals surface area (Å²) in [6.45, 7) is 1.97. The van der Waals surface area contributed by atoms with Gasteiger partial charge in [-0.3, -0.25) is 0 Å². The van der Waals surface area contributed by atoms with Crippen LogP contribution in [0.25, 0.3) is 17.6 Å². The number of thioether (sulfide) groups is 1. The highest BCUT2D eigenvalue weighted by Crippen LogP contribution is 2.40. The van der Waals surface area contributed by atoms with Crippen LogP contribution in [0.15, 0.2) is 22.9 Å². The lowest BCUT2D eigenvalue weighted by Gasteiger charge is -2.14. The van der Waals surface area contributed by atoms with Gasteiger partial charge in [-0.2, -0.15) is 18.4 Å². The Hall–Kier alpha value is -2.87. The van der Waals surface area contributed by atoms with Crippen LogP contribution in [0.5, 0.6) is 0 Å². The summed E-state index contributed by atoms with van der Waals surface area (Å²) < 4.78 is 39.8. The van der Waals surface area contributed by atoms with Crippen LogP contribution in [0.4, 0.5) is 24.7 Å². The predicted octanol–water partition coefficient (Wildman–Crippen LogP) is 3.51. The maximum atomic E-state index is 12.8. The Morgan fingerprint density at radius 3 is 2.72 bits per heavy atom. The van der Waals surface area contributed by atoms with Crippen LogP contribution in [-0.2, 0) is 7.05 Å². The first-order chi connectivity index (χ1) is 13.6. The molecule has 1 aliphatic carbocycles. The van der Waals surface area contributed by atoms with Crippen molar-refractivity contribution in [3.8, 4) is 17.6 Å². The molecule has 7 nitrogen and oxygen atoms in total. The van der Waals surface area contributed by atoms with E-state index in [4.69, 9.17) is 11.5 Å². The van der Waals surface area contributed by atoms with Crippen molar-refractivity contribution >= 4 is 29.3 Å². The minimum Gasteiger partial charge on any atom is -0.395 e. The number of hydrogen-bond donors (Lipinski definition) is 3. The van der Waals surface area contributed by atoms with Gasteiger partial charge in [-0.25, -0.2) is 9.97 Å². The predicted molar refractivity (Wildman–Crippen MR) is 107 cm³/mol. The molecule has 29 heavy (non-hydrogen) atoms. The molecule has 0 aliphatic heterocycles. The standard InChI is InChI=1S/C18H20F3N7S/c1-3-29-12-6-10(27-17(9-22)4-5-17)8-25-14(12)16-26-11(15(24)28(16)2)7-13(23)18(19,20)21/h6-8,27H,3-5,23-24H2,1-2H3/b13-7-. The Morgan fingerprint density at radius 1 is 1.48 bits per heavy atom. The summed E-state index contributed by atoms with van der Waals surface area (Å²) in [6, 6.07) is 4.12. The number of hydrogen-bond acceptors (Lipinski definition) is 7. The van der Waals surface area contributed by atoms with E-state index in [-0.39, 0.29) is 11.5 Å². The third-order valence-corrected chi connectivity index (χ3v) is 5.41. The topological polar surface area (TPSA) is 119 Å². The number of rotatable bonds is 6. The first-order valence-electron chi connectivity index (χ1n) is 8.79. The lowest BCUT2D eigenvalue weighted by atomic mass is 10.2. The van der Waals surface area contributed by atoms with Crippen LogP contribution < -0.4 is 16.8 Å². The molecule has 1 fully saturated rings. The number of nitrogen functional groups attached to an aromatic ring is 1. The zero-order valence-electron chi connectivity index (χ0n) is 15.8.